The van der Waals surface area contributed by atoms with Crippen LogP contribution in [-0.4, -0.2) is 30.1 Å². The van der Waals surface area contributed by atoms with Gasteiger partial charge in [0.25, 0.3) is 5.91 Å². The van der Waals surface area contributed by atoms with Gasteiger partial charge in [0.05, 0.1) is 5.56 Å². The maximum atomic E-state index is 14.1. The van der Waals surface area contributed by atoms with Gasteiger partial charge < -0.3 is 15.3 Å². The van der Waals surface area contributed by atoms with E-state index in [1.165, 1.54) is 23.3 Å². The second-order valence-corrected chi connectivity index (χ2v) is 10.4. The summed E-state index contributed by atoms with van der Waals surface area (Å²) in [5.74, 6) is -1.56. The maximum Gasteiger partial charge on any atom is 0.338 e. The van der Waals surface area contributed by atoms with Crippen LogP contribution in [0.2, 0.25) is 0 Å². The first-order valence-electron chi connectivity index (χ1n) is 12.2. The molecule has 1 aliphatic carbocycles. The minimum Gasteiger partial charge on any atom is -0.478 e. The maximum absolute atomic E-state index is 14.1. The van der Waals surface area contributed by atoms with Crippen LogP contribution in [0, 0.1) is 11.7 Å². The number of aromatic carboxylic acids is 1. The highest BCUT2D eigenvalue weighted by Gasteiger charge is 2.25. The van der Waals surface area contributed by atoms with E-state index in [0.717, 1.165) is 55.7 Å². The molecule has 1 heterocycles. The number of nitrogens with zero attached hydrogens (tertiary/aromatic N) is 1. The standard InChI is InChI=1S/C29H33FN2O3/c1-29(2,3)22-5-4-6-23(17-22)31-27(33)21-9-7-19(8-10-21)20-13-15-32(16-14-20)24-11-12-25(28(34)35)26(30)18-24/h4-7,9,11-12,17-18,20H,8,10,13-16H2,1-3H3,(H,31,33)(H,34,35). The predicted octanol–water partition coefficient (Wildman–Crippen LogP) is 6.32. The molecule has 0 spiro atoms. The van der Waals surface area contributed by atoms with Gasteiger partial charge in [0, 0.05) is 30.0 Å². The Morgan fingerprint density at radius 1 is 1.03 bits per heavy atom. The fourth-order valence-electron chi connectivity index (χ4n) is 4.84. The second-order valence-electron chi connectivity index (χ2n) is 10.4. The first kappa shape index (κ1) is 24.7. The molecule has 35 heavy (non-hydrogen) atoms. The van der Waals surface area contributed by atoms with Crippen molar-refractivity contribution in [2.45, 2.75) is 51.9 Å². The van der Waals surface area contributed by atoms with E-state index in [2.05, 4.69) is 43.1 Å². The molecule has 0 aromatic heterocycles. The fraction of sp³-hybridized carbons (Fsp3) is 0.379. The fourth-order valence-corrected chi connectivity index (χ4v) is 4.84. The molecular formula is C29H33FN2O3. The Bertz CT molecular complexity index is 1180. The molecule has 0 radical (unpaired) electrons. The highest BCUT2D eigenvalue weighted by molar-refractivity contribution is 6.04. The lowest BCUT2D eigenvalue weighted by Crippen LogP contribution is -2.34. The van der Waals surface area contributed by atoms with Gasteiger partial charge in [-0.25, -0.2) is 9.18 Å². The zero-order valence-electron chi connectivity index (χ0n) is 20.6. The molecule has 5 nitrogen and oxygen atoms in total. The van der Waals surface area contributed by atoms with E-state index in [-0.39, 0.29) is 16.9 Å². The van der Waals surface area contributed by atoms with Crippen molar-refractivity contribution in [2.24, 2.45) is 5.92 Å². The molecule has 4 rings (SSSR count). The number of carbonyl (C=O) groups is 2. The molecule has 1 amide bonds. The molecule has 184 valence electrons. The summed E-state index contributed by atoms with van der Waals surface area (Å²) in [6.07, 6.45) is 7.54. The summed E-state index contributed by atoms with van der Waals surface area (Å²) in [6.45, 7) is 8.04. The van der Waals surface area contributed by atoms with Gasteiger partial charge in [0.2, 0.25) is 0 Å². The van der Waals surface area contributed by atoms with E-state index in [4.69, 9.17) is 5.11 Å². The van der Waals surface area contributed by atoms with Gasteiger partial charge in [-0.1, -0.05) is 50.6 Å². The number of hydrogen-bond donors (Lipinski definition) is 2. The van der Waals surface area contributed by atoms with Crippen molar-refractivity contribution in [1.82, 2.24) is 0 Å². The number of allylic oxidation sites excluding steroid dienone is 3. The molecule has 2 aromatic rings. The van der Waals surface area contributed by atoms with E-state index >= 15 is 0 Å². The van der Waals surface area contributed by atoms with Crippen LogP contribution in [0.5, 0.6) is 0 Å². The normalized spacial score (nSPS) is 17.0. The Kier molecular flexibility index (Phi) is 7.10. The monoisotopic (exact) mass is 476 g/mol. The summed E-state index contributed by atoms with van der Waals surface area (Å²) in [4.78, 5) is 26.0. The number of carboxylic acids is 1. The van der Waals surface area contributed by atoms with E-state index < -0.39 is 11.8 Å². The van der Waals surface area contributed by atoms with Gasteiger partial charge in [0.1, 0.15) is 5.82 Å². The molecule has 0 bridgehead atoms. The summed E-state index contributed by atoms with van der Waals surface area (Å²) in [5.41, 5.74) is 4.60. The number of piperidine rings is 1. The van der Waals surface area contributed by atoms with Crippen molar-refractivity contribution in [3.8, 4) is 0 Å². The van der Waals surface area contributed by atoms with Gasteiger partial charge in [0.15, 0.2) is 0 Å². The topological polar surface area (TPSA) is 69.6 Å². The molecule has 0 atom stereocenters. The molecular weight excluding hydrogens is 443 g/mol. The van der Waals surface area contributed by atoms with Crippen LogP contribution in [0.4, 0.5) is 15.8 Å². The van der Waals surface area contributed by atoms with E-state index in [0.29, 0.717) is 5.92 Å². The van der Waals surface area contributed by atoms with Crippen molar-refractivity contribution >= 4 is 23.3 Å². The van der Waals surface area contributed by atoms with Crippen LogP contribution in [0.15, 0.2) is 65.8 Å². The smallest absolute Gasteiger partial charge is 0.338 e. The highest BCUT2D eigenvalue weighted by Crippen LogP contribution is 2.34. The van der Waals surface area contributed by atoms with Gasteiger partial charge in [-0.15, -0.1) is 0 Å². The van der Waals surface area contributed by atoms with Crippen molar-refractivity contribution in [1.29, 1.82) is 0 Å². The van der Waals surface area contributed by atoms with E-state index in [1.807, 2.05) is 24.3 Å². The highest BCUT2D eigenvalue weighted by atomic mass is 19.1. The second kappa shape index (κ2) is 10.1. The summed E-state index contributed by atoms with van der Waals surface area (Å²) in [6, 6.07) is 12.3. The molecule has 1 aliphatic heterocycles. The third kappa shape index (κ3) is 5.81. The lowest BCUT2D eigenvalue weighted by Gasteiger charge is -2.35. The van der Waals surface area contributed by atoms with Gasteiger partial charge in [-0.3, -0.25) is 4.79 Å². The van der Waals surface area contributed by atoms with Crippen LogP contribution in [0.25, 0.3) is 0 Å². The number of hydrogen-bond acceptors (Lipinski definition) is 3. The van der Waals surface area contributed by atoms with Crippen molar-refractivity contribution in [3.63, 3.8) is 0 Å². The Labute approximate surface area is 206 Å². The Hall–Kier alpha value is -3.41. The molecule has 0 saturated carbocycles. The number of carbonyl (C=O) groups excluding carboxylic acids is 1. The zero-order chi connectivity index (χ0) is 25.2. The first-order chi connectivity index (χ1) is 16.6. The molecule has 0 unspecified atom stereocenters. The van der Waals surface area contributed by atoms with Crippen molar-refractivity contribution in [3.05, 3.63) is 82.7 Å². The van der Waals surface area contributed by atoms with E-state index in [1.54, 1.807) is 6.07 Å². The zero-order valence-corrected chi connectivity index (χ0v) is 20.6. The summed E-state index contributed by atoms with van der Waals surface area (Å²) in [7, 11) is 0. The number of nitrogens with one attached hydrogen (secondary N) is 1. The number of rotatable bonds is 5. The Balaban J connectivity index is 1.35. The number of amides is 1. The first-order valence-corrected chi connectivity index (χ1v) is 12.2. The molecule has 1 fully saturated rings. The van der Waals surface area contributed by atoms with Crippen LogP contribution in [0.1, 0.15) is 62.4 Å². The molecule has 1 saturated heterocycles. The third-order valence-corrected chi connectivity index (χ3v) is 7.03. The SMILES string of the molecule is CC(C)(C)c1cccc(NC(=O)C2=CC=C(C3CCN(c4ccc(C(=O)O)c(F)c4)CC3)CC2)c1. The molecule has 6 heteroatoms. The summed E-state index contributed by atoms with van der Waals surface area (Å²) in [5, 5.41) is 12.1. The minimum atomic E-state index is -1.25. The van der Waals surface area contributed by atoms with Crippen LogP contribution in [0.3, 0.4) is 0 Å². The average molecular weight is 477 g/mol. The Morgan fingerprint density at radius 2 is 1.77 bits per heavy atom. The largest absolute Gasteiger partial charge is 0.478 e. The third-order valence-electron chi connectivity index (χ3n) is 7.03. The summed E-state index contributed by atoms with van der Waals surface area (Å²) >= 11 is 0. The van der Waals surface area contributed by atoms with Gasteiger partial charge in [-0.05, 0) is 72.9 Å². The van der Waals surface area contributed by atoms with E-state index in [9.17, 15) is 14.0 Å². The molecule has 2 aliphatic rings. The van der Waals surface area contributed by atoms with Crippen molar-refractivity contribution < 1.29 is 19.1 Å². The number of benzene rings is 2. The van der Waals surface area contributed by atoms with Crippen LogP contribution >= 0.6 is 0 Å². The van der Waals surface area contributed by atoms with Gasteiger partial charge in [-0.2, -0.15) is 0 Å². The average Bonchev–Trinajstić information content (AvgIpc) is 2.83. The Morgan fingerprint density at radius 3 is 2.37 bits per heavy atom. The number of halogens is 1. The van der Waals surface area contributed by atoms with Gasteiger partial charge >= 0.3 is 5.97 Å². The van der Waals surface area contributed by atoms with Crippen molar-refractivity contribution in [2.75, 3.05) is 23.3 Å². The number of carboxylic acid groups (broad SMARTS) is 1. The summed E-state index contributed by atoms with van der Waals surface area (Å²) < 4.78 is 14.1. The lowest BCUT2D eigenvalue weighted by atomic mass is 9.83. The van der Waals surface area contributed by atoms with Crippen LogP contribution in [-0.2, 0) is 10.2 Å². The van der Waals surface area contributed by atoms with Crippen LogP contribution < -0.4 is 10.2 Å². The predicted molar refractivity (Wildman–Crippen MR) is 137 cm³/mol. The molecule has 2 aromatic carbocycles. The molecule has 2 N–H and O–H groups in total. The number of anilines is 2. The quantitative estimate of drug-likeness (QED) is 0.530. The lowest BCUT2D eigenvalue weighted by molar-refractivity contribution is -0.113. The minimum absolute atomic E-state index is 0.0220.